The minimum absolute atomic E-state index is 0.461. The quantitative estimate of drug-likeness (QED) is 0.639. The Morgan fingerprint density at radius 1 is 1.08 bits per heavy atom. The molecule has 4 atom stereocenters. The average molecular weight is 324 g/mol. The molecular weight excluding hydrogens is 308 g/mol. The van der Waals surface area contributed by atoms with Gasteiger partial charge in [-0.15, -0.1) is 0 Å². The Morgan fingerprint density at radius 2 is 1.71 bits per heavy atom. The number of epoxide rings is 1. The molecule has 122 valence electrons. The van der Waals surface area contributed by atoms with Gasteiger partial charge in [0, 0.05) is 6.92 Å². The highest BCUT2D eigenvalue weighted by Crippen LogP contribution is 2.59. The molecule has 0 unspecified atom stereocenters. The average Bonchev–Trinajstić information content (AvgIpc) is 3.28. The lowest BCUT2D eigenvalue weighted by atomic mass is 9.90. The fourth-order valence-electron chi connectivity index (χ4n) is 3.30. The third kappa shape index (κ3) is 2.20. The van der Waals surface area contributed by atoms with Gasteiger partial charge in [0.2, 0.25) is 5.60 Å². The van der Waals surface area contributed by atoms with Crippen molar-refractivity contribution >= 4 is 11.9 Å². The normalized spacial score (nSPS) is 28.6. The summed E-state index contributed by atoms with van der Waals surface area (Å²) in [5, 5.41) is 0. The summed E-state index contributed by atoms with van der Waals surface area (Å²) in [6.45, 7) is 1.32. The van der Waals surface area contributed by atoms with E-state index in [1.165, 1.54) is 6.92 Å². The van der Waals surface area contributed by atoms with Crippen molar-refractivity contribution in [3.05, 3.63) is 71.8 Å². The Kier molecular flexibility index (Phi) is 3.39. The summed E-state index contributed by atoms with van der Waals surface area (Å²) in [5.74, 6) is -0.958. The number of fused-ring (bicyclic) bond motifs is 1. The van der Waals surface area contributed by atoms with E-state index in [1.807, 2.05) is 60.7 Å². The van der Waals surface area contributed by atoms with Crippen LogP contribution in [0.3, 0.4) is 0 Å². The van der Waals surface area contributed by atoms with Crippen LogP contribution in [0.4, 0.5) is 0 Å². The van der Waals surface area contributed by atoms with E-state index < -0.39 is 35.9 Å². The van der Waals surface area contributed by atoms with E-state index >= 15 is 0 Å². The minimum Gasteiger partial charge on any atom is -0.454 e. The number of esters is 2. The minimum atomic E-state index is -1.26. The van der Waals surface area contributed by atoms with Crippen molar-refractivity contribution in [2.75, 3.05) is 0 Å². The highest BCUT2D eigenvalue weighted by molar-refractivity contribution is 5.88. The van der Waals surface area contributed by atoms with Crippen LogP contribution in [-0.2, 0) is 23.8 Å². The van der Waals surface area contributed by atoms with Crippen LogP contribution in [0.15, 0.2) is 60.7 Å². The van der Waals surface area contributed by atoms with Gasteiger partial charge in [0.25, 0.3) is 0 Å². The molecule has 2 aromatic rings. The maximum Gasteiger partial charge on any atom is 0.346 e. The van der Waals surface area contributed by atoms with Gasteiger partial charge in [0.1, 0.15) is 6.10 Å². The van der Waals surface area contributed by atoms with E-state index in [0.717, 1.165) is 5.56 Å². The van der Waals surface area contributed by atoms with Crippen LogP contribution < -0.4 is 0 Å². The Labute approximate surface area is 139 Å². The second-order valence-electron chi connectivity index (χ2n) is 5.97. The molecule has 5 nitrogen and oxygen atoms in total. The zero-order chi connectivity index (χ0) is 16.7. The summed E-state index contributed by atoms with van der Waals surface area (Å²) in [6, 6.07) is 18.6. The van der Waals surface area contributed by atoms with E-state index in [9.17, 15) is 9.59 Å². The van der Waals surface area contributed by atoms with Gasteiger partial charge in [-0.1, -0.05) is 60.7 Å². The lowest BCUT2D eigenvalue weighted by Crippen LogP contribution is -2.33. The fraction of sp³-hybridized carbons (Fsp3) is 0.263. The first-order valence-electron chi connectivity index (χ1n) is 7.79. The van der Waals surface area contributed by atoms with E-state index in [2.05, 4.69) is 0 Å². The fourth-order valence-corrected chi connectivity index (χ4v) is 3.30. The lowest BCUT2D eigenvalue weighted by molar-refractivity contribution is -0.165. The van der Waals surface area contributed by atoms with Gasteiger partial charge in [0.05, 0.1) is 0 Å². The molecule has 0 bridgehead atoms. The molecule has 0 saturated carbocycles. The van der Waals surface area contributed by atoms with Gasteiger partial charge in [0.15, 0.2) is 12.2 Å². The molecule has 5 heteroatoms. The van der Waals surface area contributed by atoms with E-state index in [4.69, 9.17) is 14.2 Å². The van der Waals surface area contributed by atoms with Crippen LogP contribution in [0.5, 0.6) is 0 Å². The highest BCUT2D eigenvalue weighted by atomic mass is 16.7. The van der Waals surface area contributed by atoms with E-state index in [-0.39, 0.29) is 0 Å². The van der Waals surface area contributed by atoms with Gasteiger partial charge < -0.3 is 14.2 Å². The van der Waals surface area contributed by atoms with Crippen LogP contribution in [0.25, 0.3) is 0 Å². The van der Waals surface area contributed by atoms with Gasteiger partial charge in [-0.05, 0) is 11.1 Å². The molecule has 2 saturated heterocycles. The van der Waals surface area contributed by atoms with Gasteiger partial charge >= 0.3 is 11.9 Å². The van der Waals surface area contributed by atoms with Crippen LogP contribution in [-0.4, -0.2) is 23.6 Å². The first kappa shape index (κ1) is 14.9. The Morgan fingerprint density at radius 3 is 2.29 bits per heavy atom. The molecule has 24 heavy (non-hydrogen) atoms. The first-order chi connectivity index (χ1) is 11.6. The molecule has 2 aromatic carbocycles. The van der Waals surface area contributed by atoms with Crippen molar-refractivity contribution < 1.29 is 23.8 Å². The maximum absolute atomic E-state index is 12.6. The number of carbonyl (C=O) groups is 2. The summed E-state index contributed by atoms with van der Waals surface area (Å²) in [7, 11) is 0. The molecule has 0 N–H and O–H groups in total. The molecule has 0 radical (unpaired) electrons. The third-order valence-corrected chi connectivity index (χ3v) is 4.42. The zero-order valence-electron chi connectivity index (χ0n) is 13.0. The van der Waals surface area contributed by atoms with Crippen LogP contribution in [0.2, 0.25) is 0 Å². The highest BCUT2D eigenvalue weighted by Gasteiger charge is 2.78. The molecule has 2 aliphatic heterocycles. The second kappa shape index (κ2) is 5.46. The van der Waals surface area contributed by atoms with E-state index in [1.54, 1.807) is 0 Å². The van der Waals surface area contributed by atoms with Gasteiger partial charge in [-0.2, -0.15) is 0 Å². The maximum atomic E-state index is 12.6. The van der Waals surface area contributed by atoms with Crippen LogP contribution >= 0.6 is 0 Å². The van der Waals surface area contributed by atoms with Crippen LogP contribution in [0, 0.1) is 0 Å². The molecular formula is C19H16O5. The lowest BCUT2D eigenvalue weighted by Gasteiger charge is -2.20. The Hall–Kier alpha value is -2.66. The molecule has 0 aliphatic carbocycles. The first-order valence-corrected chi connectivity index (χ1v) is 7.79. The number of rotatable bonds is 4. The number of carbonyl (C=O) groups excluding carboxylic acids is 2. The van der Waals surface area contributed by atoms with Gasteiger partial charge in [-0.3, -0.25) is 4.79 Å². The number of hydrogen-bond donors (Lipinski definition) is 0. The van der Waals surface area contributed by atoms with Gasteiger partial charge in [-0.25, -0.2) is 4.79 Å². The monoisotopic (exact) mass is 324 g/mol. The van der Waals surface area contributed by atoms with Crippen LogP contribution in [0.1, 0.15) is 30.3 Å². The number of benzene rings is 2. The Balaban J connectivity index is 1.69. The smallest absolute Gasteiger partial charge is 0.346 e. The van der Waals surface area contributed by atoms with Crippen molar-refractivity contribution in [3.63, 3.8) is 0 Å². The third-order valence-electron chi connectivity index (χ3n) is 4.42. The number of hydrogen-bond acceptors (Lipinski definition) is 5. The topological polar surface area (TPSA) is 65.1 Å². The summed E-state index contributed by atoms with van der Waals surface area (Å²) in [5.41, 5.74) is 0.318. The predicted octanol–water partition coefficient (Wildman–Crippen LogP) is 2.73. The van der Waals surface area contributed by atoms with Crippen molar-refractivity contribution in [3.8, 4) is 0 Å². The number of ether oxygens (including phenoxy) is 3. The molecule has 0 spiro atoms. The molecule has 0 aromatic heterocycles. The molecule has 2 aliphatic rings. The standard InChI is InChI=1S/C19H16O5/c1-12(20)22-16(14-10-6-3-7-11-14)19-17(24-19)15(23-18(19)21)13-8-4-2-5-9-13/h2-11,15-17H,1H3/t15-,16-,17-,19-/m1/s1. The molecule has 4 rings (SSSR count). The van der Waals surface area contributed by atoms with Crippen molar-refractivity contribution in [1.82, 2.24) is 0 Å². The van der Waals surface area contributed by atoms with Crippen molar-refractivity contribution in [2.45, 2.75) is 30.8 Å². The largest absolute Gasteiger partial charge is 0.454 e. The summed E-state index contributed by atoms with van der Waals surface area (Å²) < 4.78 is 16.8. The molecule has 2 heterocycles. The molecule has 2 fully saturated rings. The summed E-state index contributed by atoms with van der Waals surface area (Å²) in [4.78, 5) is 24.2. The zero-order valence-corrected chi connectivity index (χ0v) is 13.0. The van der Waals surface area contributed by atoms with Crippen molar-refractivity contribution in [2.24, 2.45) is 0 Å². The number of cyclic esters (lactones) is 1. The predicted molar refractivity (Wildman–Crippen MR) is 83.8 cm³/mol. The summed E-state index contributed by atoms with van der Waals surface area (Å²) >= 11 is 0. The van der Waals surface area contributed by atoms with E-state index in [0.29, 0.717) is 5.56 Å². The van der Waals surface area contributed by atoms with Crippen molar-refractivity contribution in [1.29, 1.82) is 0 Å². The Bertz CT molecular complexity index is 773. The second-order valence-corrected chi connectivity index (χ2v) is 5.97. The molecule has 0 amide bonds. The summed E-state index contributed by atoms with van der Waals surface area (Å²) in [6.07, 6.45) is -1.76. The SMILES string of the molecule is CC(=O)O[C@H](c1ccccc1)[C@@]12O[C@@H]1[C@@H](c1ccccc1)OC2=O.